The van der Waals surface area contributed by atoms with Crippen molar-refractivity contribution in [3.05, 3.63) is 17.6 Å². The molecular formula is C10H14F3N3. The van der Waals surface area contributed by atoms with Crippen LogP contribution in [0.1, 0.15) is 24.9 Å². The Morgan fingerprint density at radius 1 is 1.31 bits per heavy atom. The molecule has 0 spiro atoms. The number of aromatic nitrogens is 2. The van der Waals surface area contributed by atoms with Gasteiger partial charge in [0.05, 0.1) is 6.42 Å². The summed E-state index contributed by atoms with van der Waals surface area (Å²) in [5.74, 6) is 0.975. The molecular weight excluding hydrogens is 219 g/mol. The van der Waals surface area contributed by atoms with E-state index < -0.39 is 18.6 Å². The predicted molar refractivity (Wildman–Crippen MR) is 55.3 cm³/mol. The zero-order chi connectivity index (χ0) is 12.3. The summed E-state index contributed by atoms with van der Waals surface area (Å²) < 4.78 is 36.3. The van der Waals surface area contributed by atoms with Gasteiger partial charge in [-0.25, -0.2) is 9.97 Å². The SMILES string of the molecule is Cc1cc(NC(C)CC(F)(F)F)nc(C)n1. The zero-order valence-corrected chi connectivity index (χ0v) is 9.39. The number of hydrogen-bond acceptors (Lipinski definition) is 3. The number of nitrogens with zero attached hydrogens (tertiary/aromatic N) is 2. The Morgan fingerprint density at radius 2 is 1.94 bits per heavy atom. The van der Waals surface area contributed by atoms with Crippen LogP contribution in [0, 0.1) is 13.8 Å². The van der Waals surface area contributed by atoms with Crippen LogP contribution < -0.4 is 5.32 Å². The lowest BCUT2D eigenvalue weighted by Crippen LogP contribution is -2.24. The molecule has 3 nitrogen and oxygen atoms in total. The van der Waals surface area contributed by atoms with Crippen molar-refractivity contribution in [2.75, 3.05) is 5.32 Å². The van der Waals surface area contributed by atoms with Crippen LogP contribution in [0.25, 0.3) is 0 Å². The van der Waals surface area contributed by atoms with Crippen LogP contribution in [0.4, 0.5) is 19.0 Å². The Bertz CT molecular complexity index is 343. The molecule has 1 heterocycles. The Kier molecular flexibility index (Phi) is 3.72. The lowest BCUT2D eigenvalue weighted by atomic mass is 10.2. The molecule has 1 atom stereocenters. The van der Waals surface area contributed by atoms with Crippen molar-refractivity contribution in [2.24, 2.45) is 0 Å². The van der Waals surface area contributed by atoms with Crippen molar-refractivity contribution in [3.8, 4) is 0 Å². The van der Waals surface area contributed by atoms with E-state index in [2.05, 4.69) is 15.3 Å². The Morgan fingerprint density at radius 3 is 2.44 bits per heavy atom. The Hall–Kier alpha value is -1.33. The average molecular weight is 233 g/mol. The number of rotatable bonds is 3. The third-order valence-electron chi connectivity index (χ3n) is 1.90. The van der Waals surface area contributed by atoms with E-state index in [-0.39, 0.29) is 0 Å². The topological polar surface area (TPSA) is 37.8 Å². The van der Waals surface area contributed by atoms with Crippen LogP contribution in [-0.4, -0.2) is 22.2 Å². The van der Waals surface area contributed by atoms with Gasteiger partial charge >= 0.3 is 6.18 Å². The Labute approximate surface area is 92.1 Å². The van der Waals surface area contributed by atoms with E-state index in [9.17, 15) is 13.2 Å². The molecule has 0 bridgehead atoms. The fraction of sp³-hybridized carbons (Fsp3) is 0.600. The maximum absolute atomic E-state index is 12.1. The molecule has 0 fully saturated rings. The molecule has 1 aromatic heterocycles. The monoisotopic (exact) mass is 233 g/mol. The number of anilines is 1. The van der Waals surface area contributed by atoms with Crippen molar-refractivity contribution in [1.29, 1.82) is 0 Å². The number of halogens is 3. The normalized spacial score (nSPS) is 13.6. The summed E-state index contributed by atoms with van der Waals surface area (Å²) in [6.07, 6.45) is -5.04. The highest BCUT2D eigenvalue weighted by atomic mass is 19.4. The molecule has 6 heteroatoms. The van der Waals surface area contributed by atoms with Gasteiger partial charge in [0, 0.05) is 17.8 Å². The van der Waals surface area contributed by atoms with Crippen LogP contribution in [0.15, 0.2) is 6.07 Å². The van der Waals surface area contributed by atoms with E-state index in [1.165, 1.54) is 6.92 Å². The first kappa shape index (κ1) is 12.7. The van der Waals surface area contributed by atoms with Crippen molar-refractivity contribution >= 4 is 5.82 Å². The van der Waals surface area contributed by atoms with E-state index in [1.54, 1.807) is 19.9 Å². The third kappa shape index (κ3) is 4.46. The van der Waals surface area contributed by atoms with Gasteiger partial charge in [0.2, 0.25) is 0 Å². The highest BCUT2D eigenvalue weighted by Crippen LogP contribution is 2.22. The summed E-state index contributed by atoms with van der Waals surface area (Å²) in [5, 5.41) is 2.71. The molecule has 0 aliphatic carbocycles. The number of hydrogen-bond donors (Lipinski definition) is 1. The molecule has 90 valence electrons. The van der Waals surface area contributed by atoms with Gasteiger partial charge in [-0.05, 0) is 20.8 Å². The third-order valence-corrected chi connectivity index (χ3v) is 1.90. The molecule has 0 aromatic carbocycles. The maximum atomic E-state index is 12.1. The second-order valence-corrected chi connectivity index (χ2v) is 3.81. The van der Waals surface area contributed by atoms with Crippen LogP contribution in [-0.2, 0) is 0 Å². The summed E-state index contributed by atoms with van der Waals surface area (Å²) in [6.45, 7) is 4.95. The van der Waals surface area contributed by atoms with Gasteiger partial charge in [0.25, 0.3) is 0 Å². The molecule has 0 aliphatic heterocycles. The highest BCUT2D eigenvalue weighted by Gasteiger charge is 2.30. The van der Waals surface area contributed by atoms with E-state index in [4.69, 9.17) is 0 Å². The number of aryl methyl sites for hydroxylation is 2. The Balaban J connectivity index is 2.66. The van der Waals surface area contributed by atoms with Crippen LogP contribution in [0.2, 0.25) is 0 Å². The fourth-order valence-electron chi connectivity index (χ4n) is 1.44. The molecule has 1 unspecified atom stereocenters. The summed E-state index contributed by atoms with van der Waals surface area (Å²) in [7, 11) is 0. The van der Waals surface area contributed by atoms with E-state index in [1.807, 2.05) is 0 Å². The second kappa shape index (κ2) is 4.67. The standard InChI is InChI=1S/C10H14F3N3/c1-6-4-9(16-8(3)14-6)15-7(2)5-10(11,12)13/h4,7H,5H2,1-3H3,(H,14,15,16). The van der Waals surface area contributed by atoms with Gasteiger partial charge in [-0.3, -0.25) is 0 Å². The molecule has 0 aliphatic rings. The largest absolute Gasteiger partial charge is 0.391 e. The van der Waals surface area contributed by atoms with Gasteiger partial charge < -0.3 is 5.32 Å². The second-order valence-electron chi connectivity index (χ2n) is 3.81. The maximum Gasteiger partial charge on any atom is 0.391 e. The van der Waals surface area contributed by atoms with Gasteiger partial charge in [-0.1, -0.05) is 0 Å². The molecule has 1 N–H and O–H groups in total. The van der Waals surface area contributed by atoms with Gasteiger partial charge in [0.15, 0.2) is 0 Å². The van der Waals surface area contributed by atoms with E-state index in [0.717, 1.165) is 5.69 Å². The van der Waals surface area contributed by atoms with Crippen LogP contribution >= 0.6 is 0 Å². The van der Waals surface area contributed by atoms with Gasteiger partial charge in [0.1, 0.15) is 11.6 Å². The van der Waals surface area contributed by atoms with E-state index >= 15 is 0 Å². The summed E-state index contributed by atoms with van der Waals surface area (Å²) in [6, 6.07) is 0.925. The van der Waals surface area contributed by atoms with Crippen LogP contribution in [0.5, 0.6) is 0 Å². The van der Waals surface area contributed by atoms with Crippen molar-refractivity contribution in [1.82, 2.24) is 9.97 Å². The minimum Gasteiger partial charge on any atom is -0.367 e. The fourth-order valence-corrected chi connectivity index (χ4v) is 1.44. The first-order valence-electron chi connectivity index (χ1n) is 4.92. The number of alkyl halides is 3. The van der Waals surface area contributed by atoms with E-state index in [0.29, 0.717) is 11.6 Å². The zero-order valence-electron chi connectivity index (χ0n) is 9.39. The first-order valence-corrected chi connectivity index (χ1v) is 4.92. The molecule has 0 saturated carbocycles. The minimum absolute atomic E-state index is 0.432. The van der Waals surface area contributed by atoms with Gasteiger partial charge in [-0.15, -0.1) is 0 Å². The molecule has 16 heavy (non-hydrogen) atoms. The molecule has 0 radical (unpaired) electrons. The van der Waals surface area contributed by atoms with Gasteiger partial charge in [-0.2, -0.15) is 13.2 Å². The minimum atomic E-state index is -4.16. The molecule has 0 saturated heterocycles. The van der Waals surface area contributed by atoms with Crippen molar-refractivity contribution in [3.63, 3.8) is 0 Å². The molecule has 1 aromatic rings. The number of nitrogens with one attached hydrogen (secondary N) is 1. The lowest BCUT2D eigenvalue weighted by molar-refractivity contribution is -0.136. The van der Waals surface area contributed by atoms with Crippen molar-refractivity contribution in [2.45, 2.75) is 39.4 Å². The summed E-state index contributed by atoms with van der Waals surface area (Å²) >= 11 is 0. The average Bonchev–Trinajstić information content (AvgIpc) is 1.96. The summed E-state index contributed by atoms with van der Waals surface area (Å²) in [5.41, 5.74) is 0.731. The highest BCUT2D eigenvalue weighted by molar-refractivity contribution is 5.36. The van der Waals surface area contributed by atoms with Crippen molar-refractivity contribution < 1.29 is 13.2 Å². The quantitative estimate of drug-likeness (QED) is 0.872. The lowest BCUT2D eigenvalue weighted by Gasteiger charge is -2.16. The van der Waals surface area contributed by atoms with Crippen LogP contribution in [0.3, 0.4) is 0 Å². The smallest absolute Gasteiger partial charge is 0.367 e. The first-order chi connectivity index (χ1) is 7.26. The molecule has 1 rings (SSSR count). The summed E-state index contributed by atoms with van der Waals surface area (Å²) in [4.78, 5) is 8.06. The molecule has 0 amide bonds. The predicted octanol–water partition coefficient (Wildman–Crippen LogP) is 2.85.